The molecule has 1 atom stereocenters. The van der Waals surface area contributed by atoms with Gasteiger partial charge in [0, 0.05) is 12.1 Å². The summed E-state index contributed by atoms with van der Waals surface area (Å²) in [5.74, 6) is 2.26. The number of amides is 1. The molecule has 1 heterocycles. The maximum absolute atomic E-state index is 11.9. The number of carbonyl (C=O) groups is 1. The summed E-state index contributed by atoms with van der Waals surface area (Å²) in [7, 11) is 0. The van der Waals surface area contributed by atoms with Gasteiger partial charge in [-0.2, -0.15) is 0 Å². The summed E-state index contributed by atoms with van der Waals surface area (Å²) in [5.41, 5.74) is 0.839. The first-order valence-electron chi connectivity index (χ1n) is 8.37. The monoisotopic (exact) mass is 340 g/mol. The molecule has 1 aliphatic heterocycles. The van der Waals surface area contributed by atoms with Crippen LogP contribution >= 0.6 is 12.4 Å². The van der Waals surface area contributed by atoms with E-state index in [0.717, 1.165) is 44.0 Å². The highest BCUT2D eigenvalue weighted by molar-refractivity contribution is 5.90. The van der Waals surface area contributed by atoms with Crippen LogP contribution in [0.5, 0.6) is 5.75 Å². The fourth-order valence-electron chi connectivity index (χ4n) is 2.57. The molecular formula is C18H29ClN2O2. The Balaban J connectivity index is 0.00000264. The van der Waals surface area contributed by atoms with E-state index in [2.05, 4.69) is 24.5 Å². The Labute approximate surface area is 145 Å². The van der Waals surface area contributed by atoms with E-state index < -0.39 is 0 Å². The van der Waals surface area contributed by atoms with Crippen molar-refractivity contribution in [2.45, 2.75) is 39.5 Å². The van der Waals surface area contributed by atoms with Crippen molar-refractivity contribution in [3.63, 3.8) is 0 Å². The number of halogens is 1. The molecule has 1 aliphatic rings. The topological polar surface area (TPSA) is 50.4 Å². The fourth-order valence-corrected chi connectivity index (χ4v) is 2.57. The van der Waals surface area contributed by atoms with Crippen molar-refractivity contribution >= 4 is 24.0 Å². The molecule has 0 spiro atoms. The Morgan fingerprint density at radius 3 is 2.70 bits per heavy atom. The van der Waals surface area contributed by atoms with Crippen molar-refractivity contribution in [2.24, 2.45) is 11.8 Å². The van der Waals surface area contributed by atoms with E-state index in [9.17, 15) is 4.79 Å². The summed E-state index contributed by atoms with van der Waals surface area (Å²) in [6.07, 6.45) is 3.80. The Hall–Kier alpha value is -1.26. The number of carbonyl (C=O) groups excluding carboxylic acids is 1. The molecule has 23 heavy (non-hydrogen) atoms. The van der Waals surface area contributed by atoms with Crippen LogP contribution in [0.15, 0.2) is 24.3 Å². The van der Waals surface area contributed by atoms with Gasteiger partial charge in [0.25, 0.3) is 0 Å². The highest BCUT2D eigenvalue weighted by Crippen LogP contribution is 2.18. The number of nitrogens with one attached hydrogen (secondary N) is 2. The third-order valence-corrected chi connectivity index (χ3v) is 4.04. The highest BCUT2D eigenvalue weighted by Gasteiger charge is 2.15. The zero-order valence-corrected chi connectivity index (χ0v) is 15.0. The largest absolute Gasteiger partial charge is 0.494 e. The van der Waals surface area contributed by atoms with Crippen LogP contribution in [-0.2, 0) is 4.79 Å². The molecule has 5 heteroatoms. The lowest BCUT2D eigenvalue weighted by Gasteiger charge is -2.10. The molecule has 0 saturated carbocycles. The van der Waals surface area contributed by atoms with Crippen molar-refractivity contribution in [3.8, 4) is 5.75 Å². The molecule has 0 radical (unpaired) electrons. The average molecular weight is 341 g/mol. The molecule has 0 aromatic heterocycles. The average Bonchev–Trinajstić information content (AvgIpc) is 3.00. The Kier molecular flexibility index (Phi) is 9.03. The van der Waals surface area contributed by atoms with Crippen LogP contribution in [-0.4, -0.2) is 25.6 Å². The zero-order chi connectivity index (χ0) is 15.8. The lowest BCUT2D eigenvalue weighted by Crippen LogP contribution is -2.15. The van der Waals surface area contributed by atoms with Crippen molar-refractivity contribution in [2.75, 3.05) is 25.0 Å². The van der Waals surface area contributed by atoms with Gasteiger partial charge in [-0.15, -0.1) is 12.4 Å². The van der Waals surface area contributed by atoms with Gasteiger partial charge in [-0.1, -0.05) is 13.8 Å². The molecule has 1 aromatic rings. The summed E-state index contributed by atoms with van der Waals surface area (Å²) in [6.45, 7) is 7.24. The van der Waals surface area contributed by atoms with E-state index in [1.165, 1.54) is 6.42 Å². The molecule has 4 nitrogen and oxygen atoms in total. The first-order valence-corrected chi connectivity index (χ1v) is 8.37. The maximum atomic E-state index is 11.9. The number of ether oxygens (including phenoxy) is 1. The molecule has 2 rings (SSSR count). The molecule has 0 aliphatic carbocycles. The van der Waals surface area contributed by atoms with Crippen LogP contribution in [0.25, 0.3) is 0 Å². The van der Waals surface area contributed by atoms with Gasteiger partial charge in [-0.3, -0.25) is 4.79 Å². The zero-order valence-electron chi connectivity index (χ0n) is 14.1. The van der Waals surface area contributed by atoms with Crippen molar-refractivity contribution < 1.29 is 9.53 Å². The van der Waals surface area contributed by atoms with Crippen LogP contribution < -0.4 is 15.4 Å². The minimum atomic E-state index is 0. The van der Waals surface area contributed by atoms with E-state index in [4.69, 9.17) is 4.74 Å². The summed E-state index contributed by atoms with van der Waals surface area (Å²) >= 11 is 0. The van der Waals surface area contributed by atoms with E-state index in [1.807, 2.05) is 24.3 Å². The standard InChI is InChI=1S/C18H28N2O2.ClH/c1-14(2)10-12-22-17-6-4-16(5-7-17)20-18(21)8-3-15-9-11-19-13-15;/h4-7,14-15,19H,3,8-13H2,1-2H3,(H,20,21);1H. The van der Waals surface area contributed by atoms with Crippen molar-refractivity contribution in [3.05, 3.63) is 24.3 Å². The van der Waals surface area contributed by atoms with Crippen molar-refractivity contribution in [1.82, 2.24) is 5.32 Å². The highest BCUT2D eigenvalue weighted by atomic mass is 35.5. The molecule has 0 bridgehead atoms. The summed E-state index contributed by atoms with van der Waals surface area (Å²) in [6, 6.07) is 7.63. The number of benzene rings is 1. The Morgan fingerprint density at radius 2 is 2.09 bits per heavy atom. The maximum Gasteiger partial charge on any atom is 0.224 e. The van der Waals surface area contributed by atoms with Gasteiger partial charge in [-0.05, 0) is 68.5 Å². The van der Waals surface area contributed by atoms with Crippen LogP contribution in [0, 0.1) is 11.8 Å². The van der Waals surface area contributed by atoms with E-state index in [-0.39, 0.29) is 18.3 Å². The van der Waals surface area contributed by atoms with E-state index >= 15 is 0 Å². The molecule has 130 valence electrons. The normalized spacial score (nSPS) is 16.9. The SMILES string of the molecule is CC(C)CCOc1ccc(NC(=O)CCC2CCNC2)cc1.Cl. The number of hydrogen-bond acceptors (Lipinski definition) is 3. The van der Waals surface area contributed by atoms with Crippen LogP contribution in [0.3, 0.4) is 0 Å². The minimum absolute atomic E-state index is 0. The van der Waals surface area contributed by atoms with Gasteiger partial charge in [0.05, 0.1) is 6.61 Å². The van der Waals surface area contributed by atoms with Gasteiger partial charge >= 0.3 is 0 Å². The second kappa shape index (κ2) is 10.5. The quantitative estimate of drug-likeness (QED) is 0.755. The van der Waals surface area contributed by atoms with Gasteiger partial charge in [-0.25, -0.2) is 0 Å². The van der Waals surface area contributed by atoms with Crippen LogP contribution in [0.4, 0.5) is 5.69 Å². The molecule has 2 N–H and O–H groups in total. The van der Waals surface area contributed by atoms with Crippen LogP contribution in [0.1, 0.15) is 39.5 Å². The summed E-state index contributed by atoms with van der Waals surface area (Å²) in [4.78, 5) is 11.9. The predicted octanol–water partition coefficient (Wildman–Crippen LogP) is 3.86. The Bertz CT molecular complexity index is 457. The predicted molar refractivity (Wildman–Crippen MR) is 97.5 cm³/mol. The molecule has 1 fully saturated rings. The first kappa shape index (κ1) is 19.8. The smallest absolute Gasteiger partial charge is 0.224 e. The summed E-state index contributed by atoms with van der Waals surface area (Å²) < 4.78 is 5.67. The van der Waals surface area contributed by atoms with E-state index in [0.29, 0.717) is 18.3 Å². The van der Waals surface area contributed by atoms with Crippen LogP contribution in [0.2, 0.25) is 0 Å². The first-order chi connectivity index (χ1) is 10.6. The molecule has 1 unspecified atom stereocenters. The van der Waals surface area contributed by atoms with Crippen molar-refractivity contribution in [1.29, 1.82) is 0 Å². The van der Waals surface area contributed by atoms with Gasteiger partial charge in [0.1, 0.15) is 5.75 Å². The Morgan fingerprint density at radius 1 is 1.35 bits per heavy atom. The van der Waals surface area contributed by atoms with E-state index in [1.54, 1.807) is 0 Å². The lowest BCUT2D eigenvalue weighted by atomic mass is 10.0. The second-order valence-electron chi connectivity index (χ2n) is 6.50. The lowest BCUT2D eigenvalue weighted by molar-refractivity contribution is -0.116. The van der Waals surface area contributed by atoms with Gasteiger partial charge in [0.2, 0.25) is 5.91 Å². The van der Waals surface area contributed by atoms with Gasteiger partial charge in [0.15, 0.2) is 0 Å². The third-order valence-electron chi connectivity index (χ3n) is 4.04. The van der Waals surface area contributed by atoms with Gasteiger partial charge < -0.3 is 15.4 Å². The fraction of sp³-hybridized carbons (Fsp3) is 0.611. The minimum Gasteiger partial charge on any atom is -0.494 e. The summed E-state index contributed by atoms with van der Waals surface area (Å²) in [5, 5.41) is 6.28. The molecule has 1 saturated heterocycles. The number of hydrogen-bond donors (Lipinski definition) is 2. The molecule has 1 amide bonds. The molecular weight excluding hydrogens is 312 g/mol. The number of anilines is 1. The molecule has 1 aromatic carbocycles. The second-order valence-corrected chi connectivity index (χ2v) is 6.50. The number of rotatable bonds is 8. The third kappa shape index (κ3) is 7.71.